The van der Waals surface area contributed by atoms with Crippen LogP contribution < -0.4 is 5.32 Å². The van der Waals surface area contributed by atoms with Crippen LogP contribution in [-0.4, -0.2) is 37.6 Å². The Morgan fingerprint density at radius 2 is 1.93 bits per heavy atom. The Kier molecular flexibility index (Phi) is 4.85. The highest BCUT2D eigenvalue weighted by molar-refractivity contribution is 5.96. The van der Waals surface area contributed by atoms with E-state index >= 15 is 0 Å². The lowest BCUT2D eigenvalue weighted by molar-refractivity contribution is -0.123. The maximum Gasteiger partial charge on any atom is 0.379 e. The molecular weight excluding hydrogens is 353 g/mol. The Labute approximate surface area is 154 Å². The van der Waals surface area contributed by atoms with E-state index in [9.17, 15) is 14.0 Å². The molecule has 0 saturated heterocycles. The molecule has 140 valence electrons. The van der Waals surface area contributed by atoms with E-state index in [1.165, 1.54) is 17.5 Å². The summed E-state index contributed by atoms with van der Waals surface area (Å²) < 4.78 is 20.1. The quantitative estimate of drug-likeness (QED) is 0.707. The van der Waals surface area contributed by atoms with Crippen LogP contribution in [0.2, 0.25) is 0 Å². The van der Waals surface area contributed by atoms with E-state index in [-0.39, 0.29) is 17.3 Å². The Bertz CT molecular complexity index is 1050. The van der Waals surface area contributed by atoms with Gasteiger partial charge in [0.1, 0.15) is 5.82 Å². The predicted octanol–water partition coefficient (Wildman–Crippen LogP) is 2.37. The molecule has 0 fully saturated rings. The summed E-state index contributed by atoms with van der Waals surface area (Å²) in [6.07, 6.45) is -1.12. The lowest BCUT2D eigenvalue weighted by atomic mass is 10.2. The zero-order valence-electron chi connectivity index (χ0n) is 15.3. The van der Waals surface area contributed by atoms with Gasteiger partial charge in [-0.3, -0.25) is 4.79 Å². The summed E-state index contributed by atoms with van der Waals surface area (Å²) in [7, 11) is 0. The van der Waals surface area contributed by atoms with E-state index in [0.717, 1.165) is 11.4 Å². The highest BCUT2D eigenvalue weighted by Crippen LogP contribution is 2.14. The Balaban J connectivity index is 1.70. The Morgan fingerprint density at radius 3 is 2.63 bits per heavy atom. The van der Waals surface area contributed by atoms with Gasteiger partial charge in [0.2, 0.25) is 0 Å². The molecule has 0 saturated carbocycles. The average molecular weight is 371 g/mol. The molecule has 8 nitrogen and oxygen atoms in total. The van der Waals surface area contributed by atoms with Gasteiger partial charge in [0.25, 0.3) is 17.5 Å². The number of aryl methyl sites for hydroxylation is 3. The molecule has 27 heavy (non-hydrogen) atoms. The van der Waals surface area contributed by atoms with Gasteiger partial charge in [0, 0.05) is 17.1 Å². The minimum Gasteiger partial charge on any atom is -0.447 e. The zero-order valence-corrected chi connectivity index (χ0v) is 15.3. The van der Waals surface area contributed by atoms with E-state index in [2.05, 4.69) is 20.4 Å². The molecule has 2 aromatic heterocycles. The standard InChI is InChI=1S/C18H18FN5O3/c1-9-5-6-13(8-14(9)19)21-16(25)12(4)27-17(26)15-22-18-20-10(2)7-11(3)24(18)23-15/h5-8,12H,1-4H3,(H,21,25). The van der Waals surface area contributed by atoms with Crippen molar-refractivity contribution in [2.45, 2.75) is 33.8 Å². The number of anilines is 1. The molecular formula is C18H18FN5O3. The van der Waals surface area contributed by atoms with Crippen molar-refractivity contribution in [1.29, 1.82) is 0 Å². The number of halogens is 1. The first-order chi connectivity index (χ1) is 12.7. The second-order valence-electron chi connectivity index (χ2n) is 6.19. The molecule has 0 aliphatic rings. The number of esters is 1. The first kappa shape index (κ1) is 18.4. The number of ether oxygens (including phenoxy) is 1. The van der Waals surface area contributed by atoms with Crippen LogP contribution in [0.1, 0.15) is 34.5 Å². The van der Waals surface area contributed by atoms with Crippen LogP contribution in [0.25, 0.3) is 5.78 Å². The SMILES string of the molecule is Cc1cc(C)n2nc(C(=O)OC(C)C(=O)Nc3ccc(C)c(F)c3)nc2n1. The van der Waals surface area contributed by atoms with Gasteiger partial charge in [-0.2, -0.15) is 4.98 Å². The minimum absolute atomic E-state index is 0.197. The molecule has 2 heterocycles. The van der Waals surface area contributed by atoms with E-state index in [0.29, 0.717) is 5.56 Å². The molecule has 0 spiro atoms. The van der Waals surface area contributed by atoms with Gasteiger partial charge in [-0.15, -0.1) is 5.10 Å². The van der Waals surface area contributed by atoms with Crippen LogP contribution in [0, 0.1) is 26.6 Å². The molecule has 1 aromatic carbocycles. The summed E-state index contributed by atoms with van der Waals surface area (Å²) in [6.45, 7) is 6.63. The fourth-order valence-corrected chi connectivity index (χ4v) is 2.43. The number of nitrogens with zero attached hydrogens (tertiary/aromatic N) is 4. The topological polar surface area (TPSA) is 98.5 Å². The van der Waals surface area contributed by atoms with Gasteiger partial charge in [-0.05, 0) is 51.5 Å². The fourth-order valence-electron chi connectivity index (χ4n) is 2.43. The van der Waals surface area contributed by atoms with Gasteiger partial charge >= 0.3 is 5.97 Å². The van der Waals surface area contributed by atoms with Crippen molar-refractivity contribution in [3.8, 4) is 0 Å². The summed E-state index contributed by atoms with van der Waals surface area (Å²) in [5.74, 6) is -1.82. The number of benzene rings is 1. The number of carbonyl (C=O) groups is 2. The summed E-state index contributed by atoms with van der Waals surface area (Å²) in [5.41, 5.74) is 2.23. The van der Waals surface area contributed by atoms with Gasteiger partial charge < -0.3 is 10.1 Å². The number of rotatable bonds is 4. The van der Waals surface area contributed by atoms with Crippen molar-refractivity contribution < 1.29 is 18.7 Å². The summed E-state index contributed by atoms with van der Waals surface area (Å²) in [6, 6.07) is 6.10. The van der Waals surface area contributed by atoms with Crippen LogP contribution >= 0.6 is 0 Å². The second kappa shape index (κ2) is 7.10. The number of hydrogen-bond acceptors (Lipinski definition) is 6. The molecule has 0 radical (unpaired) electrons. The van der Waals surface area contributed by atoms with E-state index < -0.39 is 23.8 Å². The monoisotopic (exact) mass is 371 g/mol. The van der Waals surface area contributed by atoms with Crippen LogP contribution in [0.5, 0.6) is 0 Å². The van der Waals surface area contributed by atoms with E-state index in [1.807, 2.05) is 6.92 Å². The van der Waals surface area contributed by atoms with Crippen molar-refractivity contribution in [3.05, 3.63) is 52.9 Å². The van der Waals surface area contributed by atoms with Gasteiger partial charge in [0.15, 0.2) is 6.10 Å². The molecule has 0 aliphatic carbocycles. The summed E-state index contributed by atoms with van der Waals surface area (Å²) in [4.78, 5) is 32.7. The van der Waals surface area contributed by atoms with Crippen molar-refractivity contribution >= 4 is 23.3 Å². The summed E-state index contributed by atoms with van der Waals surface area (Å²) in [5, 5.41) is 6.55. The minimum atomic E-state index is -1.12. The molecule has 1 atom stereocenters. The number of amides is 1. The number of hydrogen-bond donors (Lipinski definition) is 1. The molecule has 1 amide bonds. The van der Waals surface area contributed by atoms with Crippen LogP contribution in [-0.2, 0) is 9.53 Å². The number of nitrogens with one attached hydrogen (secondary N) is 1. The number of carbonyl (C=O) groups excluding carboxylic acids is 2. The lowest BCUT2D eigenvalue weighted by Gasteiger charge is -2.12. The second-order valence-corrected chi connectivity index (χ2v) is 6.19. The Morgan fingerprint density at radius 1 is 1.19 bits per heavy atom. The highest BCUT2D eigenvalue weighted by Gasteiger charge is 2.23. The predicted molar refractivity (Wildman–Crippen MR) is 94.9 cm³/mol. The third-order valence-electron chi connectivity index (χ3n) is 3.89. The largest absolute Gasteiger partial charge is 0.447 e. The first-order valence-corrected chi connectivity index (χ1v) is 8.23. The first-order valence-electron chi connectivity index (χ1n) is 8.23. The number of fused-ring (bicyclic) bond motifs is 1. The molecule has 3 aromatic rings. The maximum atomic E-state index is 13.6. The van der Waals surface area contributed by atoms with Crippen LogP contribution in [0.3, 0.4) is 0 Å². The number of aromatic nitrogens is 4. The Hall–Kier alpha value is -3.36. The maximum absolute atomic E-state index is 13.6. The van der Waals surface area contributed by atoms with Gasteiger partial charge in [0.05, 0.1) is 0 Å². The van der Waals surface area contributed by atoms with Crippen LogP contribution in [0.4, 0.5) is 10.1 Å². The van der Waals surface area contributed by atoms with Crippen molar-refractivity contribution in [2.75, 3.05) is 5.32 Å². The lowest BCUT2D eigenvalue weighted by Crippen LogP contribution is -2.30. The van der Waals surface area contributed by atoms with Crippen molar-refractivity contribution in [1.82, 2.24) is 19.6 Å². The fraction of sp³-hybridized carbons (Fsp3) is 0.278. The smallest absolute Gasteiger partial charge is 0.379 e. The molecule has 0 aliphatic heterocycles. The van der Waals surface area contributed by atoms with Gasteiger partial charge in [-0.1, -0.05) is 6.07 Å². The van der Waals surface area contributed by atoms with E-state index in [4.69, 9.17) is 4.74 Å². The van der Waals surface area contributed by atoms with Crippen molar-refractivity contribution in [2.24, 2.45) is 0 Å². The van der Waals surface area contributed by atoms with Crippen LogP contribution in [0.15, 0.2) is 24.3 Å². The van der Waals surface area contributed by atoms with E-state index in [1.54, 1.807) is 32.0 Å². The third kappa shape index (κ3) is 3.91. The third-order valence-corrected chi connectivity index (χ3v) is 3.89. The molecule has 9 heteroatoms. The zero-order chi connectivity index (χ0) is 19.7. The molecule has 3 rings (SSSR count). The van der Waals surface area contributed by atoms with Crippen molar-refractivity contribution in [3.63, 3.8) is 0 Å². The van der Waals surface area contributed by atoms with Gasteiger partial charge in [-0.25, -0.2) is 18.7 Å². The normalized spacial score (nSPS) is 12.0. The highest BCUT2D eigenvalue weighted by atomic mass is 19.1. The summed E-state index contributed by atoms with van der Waals surface area (Å²) >= 11 is 0. The molecule has 0 bridgehead atoms. The molecule has 1 unspecified atom stereocenters. The average Bonchev–Trinajstić information content (AvgIpc) is 3.02. The molecule has 1 N–H and O–H groups in total.